The fourth-order valence-electron chi connectivity index (χ4n) is 0.669. The molecule has 0 aliphatic carbocycles. The molecule has 1 rings (SSSR count). The molecule has 0 fully saturated rings. The fourth-order valence-corrected chi connectivity index (χ4v) is 1.000. The lowest BCUT2D eigenvalue weighted by molar-refractivity contribution is 0.663. The van der Waals surface area contributed by atoms with E-state index in [0.29, 0.717) is 0 Å². The number of alkyl halides is 1. The first-order valence-corrected chi connectivity index (χ1v) is 3.85. The molecule has 0 radical (unpaired) electrons. The standard InChI is InChI=1S/C6H8BrN3/c1-5(7)10-4-2-3-9-6(10)8/h2-5,8H,1H3. The SMILES string of the molecule is CC(Br)n1cccnc1=N. The summed E-state index contributed by atoms with van der Waals surface area (Å²) in [6.07, 6.45) is 3.42. The van der Waals surface area contributed by atoms with E-state index in [9.17, 15) is 0 Å². The number of aromatic nitrogens is 2. The van der Waals surface area contributed by atoms with Crippen LogP contribution in [-0.4, -0.2) is 9.55 Å². The van der Waals surface area contributed by atoms with Gasteiger partial charge in [0.15, 0.2) is 0 Å². The summed E-state index contributed by atoms with van der Waals surface area (Å²) in [5.74, 6) is 0. The Balaban J connectivity index is 3.16. The molecular formula is C6H8BrN3. The fraction of sp³-hybridized carbons (Fsp3) is 0.333. The first kappa shape index (κ1) is 7.47. The van der Waals surface area contributed by atoms with Crippen molar-refractivity contribution in [1.29, 1.82) is 5.41 Å². The van der Waals surface area contributed by atoms with E-state index in [-0.39, 0.29) is 10.6 Å². The first-order chi connectivity index (χ1) is 4.72. The maximum absolute atomic E-state index is 7.32. The van der Waals surface area contributed by atoms with Crippen LogP contribution in [0.5, 0.6) is 0 Å². The van der Waals surface area contributed by atoms with Crippen LogP contribution < -0.4 is 5.62 Å². The number of halogens is 1. The Bertz CT molecular complexity index is 266. The van der Waals surface area contributed by atoms with Crippen LogP contribution in [0.2, 0.25) is 0 Å². The summed E-state index contributed by atoms with van der Waals surface area (Å²) in [6, 6.07) is 1.80. The molecule has 0 saturated heterocycles. The van der Waals surface area contributed by atoms with Crippen LogP contribution in [0.1, 0.15) is 11.9 Å². The van der Waals surface area contributed by atoms with Crippen molar-refractivity contribution in [3.63, 3.8) is 0 Å². The maximum Gasteiger partial charge on any atom is 0.222 e. The predicted molar refractivity (Wildman–Crippen MR) is 41.7 cm³/mol. The topological polar surface area (TPSA) is 41.7 Å². The van der Waals surface area contributed by atoms with Gasteiger partial charge in [-0.1, -0.05) is 15.9 Å². The summed E-state index contributed by atoms with van der Waals surface area (Å²) >= 11 is 3.34. The highest BCUT2D eigenvalue weighted by Crippen LogP contribution is 2.07. The average Bonchev–Trinajstić information content (AvgIpc) is 1.88. The quantitative estimate of drug-likeness (QED) is 0.684. The Labute approximate surface area is 67.4 Å². The molecule has 0 saturated carbocycles. The molecule has 1 aromatic heterocycles. The number of nitrogens with one attached hydrogen (secondary N) is 1. The minimum atomic E-state index is 0.133. The van der Waals surface area contributed by atoms with Gasteiger partial charge in [0.1, 0.15) is 0 Å². The van der Waals surface area contributed by atoms with Crippen molar-refractivity contribution in [3.8, 4) is 0 Å². The van der Waals surface area contributed by atoms with Crippen LogP contribution in [0, 0.1) is 5.41 Å². The Morgan fingerprint density at radius 1 is 1.80 bits per heavy atom. The van der Waals surface area contributed by atoms with Crippen molar-refractivity contribution >= 4 is 15.9 Å². The highest BCUT2D eigenvalue weighted by atomic mass is 79.9. The Morgan fingerprint density at radius 2 is 2.50 bits per heavy atom. The molecule has 0 aliphatic rings. The van der Waals surface area contributed by atoms with E-state index in [1.54, 1.807) is 16.8 Å². The summed E-state index contributed by atoms with van der Waals surface area (Å²) in [5.41, 5.74) is 0.270. The van der Waals surface area contributed by atoms with Crippen LogP contribution in [0.4, 0.5) is 0 Å². The first-order valence-electron chi connectivity index (χ1n) is 2.93. The van der Waals surface area contributed by atoms with E-state index < -0.39 is 0 Å². The van der Waals surface area contributed by atoms with E-state index in [4.69, 9.17) is 5.41 Å². The zero-order valence-electron chi connectivity index (χ0n) is 5.58. The van der Waals surface area contributed by atoms with E-state index >= 15 is 0 Å². The molecule has 1 heterocycles. The smallest absolute Gasteiger partial charge is 0.222 e. The molecule has 1 aromatic rings. The highest BCUT2D eigenvalue weighted by molar-refractivity contribution is 9.09. The van der Waals surface area contributed by atoms with Gasteiger partial charge < -0.3 is 4.57 Å². The Kier molecular flexibility index (Phi) is 2.21. The zero-order valence-corrected chi connectivity index (χ0v) is 7.17. The van der Waals surface area contributed by atoms with Crippen LogP contribution in [0.25, 0.3) is 0 Å². The molecule has 4 heteroatoms. The maximum atomic E-state index is 7.32. The van der Waals surface area contributed by atoms with Gasteiger partial charge in [0.2, 0.25) is 5.62 Å². The van der Waals surface area contributed by atoms with E-state index in [1.165, 1.54) is 0 Å². The zero-order chi connectivity index (χ0) is 7.56. The van der Waals surface area contributed by atoms with Gasteiger partial charge in [-0.2, -0.15) is 0 Å². The second kappa shape index (κ2) is 2.96. The largest absolute Gasteiger partial charge is 0.305 e. The van der Waals surface area contributed by atoms with Gasteiger partial charge in [-0.25, -0.2) is 4.98 Å². The Hall–Kier alpha value is -0.640. The van der Waals surface area contributed by atoms with E-state index in [2.05, 4.69) is 20.9 Å². The normalized spacial score (nSPS) is 13.0. The number of hydrogen-bond donors (Lipinski definition) is 1. The average molecular weight is 202 g/mol. The summed E-state index contributed by atoms with van der Waals surface area (Å²) in [4.78, 5) is 3.93. The van der Waals surface area contributed by atoms with Gasteiger partial charge in [0.05, 0.1) is 4.95 Å². The van der Waals surface area contributed by atoms with E-state index in [1.807, 2.05) is 13.1 Å². The van der Waals surface area contributed by atoms with Crippen molar-refractivity contribution in [2.24, 2.45) is 0 Å². The minimum Gasteiger partial charge on any atom is -0.305 e. The van der Waals surface area contributed by atoms with Crippen LogP contribution >= 0.6 is 15.9 Å². The van der Waals surface area contributed by atoms with Gasteiger partial charge in [0, 0.05) is 12.4 Å². The van der Waals surface area contributed by atoms with Crippen LogP contribution in [0.3, 0.4) is 0 Å². The lowest BCUT2D eigenvalue weighted by Gasteiger charge is -2.06. The molecule has 0 bridgehead atoms. The third-order valence-electron chi connectivity index (χ3n) is 1.16. The lowest BCUT2D eigenvalue weighted by atomic mass is 10.6. The third kappa shape index (κ3) is 1.44. The van der Waals surface area contributed by atoms with Crippen molar-refractivity contribution in [1.82, 2.24) is 9.55 Å². The molecule has 1 unspecified atom stereocenters. The van der Waals surface area contributed by atoms with Crippen molar-refractivity contribution in [2.75, 3.05) is 0 Å². The van der Waals surface area contributed by atoms with Crippen molar-refractivity contribution in [3.05, 3.63) is 24.1 Å². The molecule has 54 valence electrons. The van der Waals surface area contributed by atoms with Gasteiger partial charge in [-0.3, -0.25) is 5.41 Å². The van der Waals surface area contributed by atoms with Gasteiger partial charge in [-0.15, -0.1) is 0 Å². The monoisotopic (exact) mass is 201 g/mol. The molecule has 1 N–H and O–H groups in total. The number of nitrogens with zero attached hydrogens (tertiary/aromatic N) is 2. The summed E-state index contributed by atoms with van der Waals surface area (Å²) in [7, 11) is 0. The summed E-state index contributed by atoms with van der Waals surface area (Å²) < 4.78 is 1.72. The highest BCUT2D eigenvalue weighted by Gasteiger charge is 1.96. The second-order valence-electron chi connectivity index (χ2n) is 1.92. The number of rotatable bonds is 1. The molecule has 0 aliphatic heterocycles. The molecule has 0 spiro atoms. The molecule has 0 amide bonds. The second-order valence-corrected chi connectivity index (χ2v) is 3.25. The van der Waals surface area contributed by atoms with Gasteiger partial charge in [-0.05, 0) is 13.0 Å². The summed E-state index contributed by atoms with van der Waals surface area (Å²) in [6.45, 7) is 1.94. The summed E-state index contributed by atoms with van der Waals surface area (Å²) in [5, 5.41) is 7.32. The molecule has 0 aromatic carbocycles. The predicted octanol–water partition coefficient (Wildman–Crippen LogP) is 1.28. The number of hydrogen-bond acceptors (Lipinski definition) is 2. The van der Waals surface area contributed by atoms with Crippen LogP contribution in [-0.2, 0) is 0 Å². The molecule has 3 nitrogen and oxygen atoms in total. The molecular weight excluding hydrogens is 194 g/mol. The van der Waals surface area contributed by atoms with Crippen LogP contribution in [0.15, 0.2) is 18.5 Å². The van der Waals surface area contributed by atoms with Crippen molar-refractivity contribution < 1.29 is 0 Å². The van der Waals surface area contributed by atoms with E-state index in [0.717, 1.165) is 0 Å². The van der Waals surface area contributed by atoms with Crippen molar-refractivity contribution in [2.45, 2.75) is 11.9 Å². The minimum absolute atomic E-state index is 0.133. The lowest BCUT2D eigenvalue weighted by Crippen LogP contribution is -2.21. The molecule has 10 heavy (non-hydrogen) atoms. The van der Waals surface area contributed by atoms with Gasteiger partial charge in [0.25, 0.3) is 0 Å². The third-order valence-corrected chi connectivity index (χ3v) is 1.60. The van der Waals surface area contributed by atoms with Gasteiger partial charge >= 0.3 is 0 Å². The Morgan fingerprint density at radius 3 is 2.90 bits per heavy atom. The molecule has 1 atom stereocenters.